The van der Waals surface area contributed by atoms with Crippen LogP contribution in [0.5, 0.6) is 0 Å². The first-order valence-electron chi connectivity index (χ1n) is 5.23. The molecule has 9 nitrogen and oxygen atoms in total. The number of oxime groups is 1. The number of rotatable bonds is 4. The molecule has 0 aliphatic rings. The number of aryl methyl sites for hydroxylation is 1. The molecule has 0 saturated heterocycles. The molecule has 0 atom stereocenters. The van der Waals surface area contributed by atoms with Crippen molar-refractivity contribution in [3.63, 3.8) is 0 Å². The fraction of sp³-hybridized carbons (Fsp3) is 0.100. The van der Waals surface area contributed by atoms with E-state index in [4.69, 9.17) is 15.4 Å². The summed E-state index contributed by atoms with van der Waals surface area (Å²) in [5, 5.41) is 22.9. The van der Waals surface area contributed by atoms with E-state index in [1.807, 2.05) is 0 Å². The van der Waals surface area contributed by atoms with Gasteiger partial charge in [-0.05, 0) is 18.7 Å². The summed E-state index contributed by atoms with van der Waals surface area (Å²) in [6, 6.07) is 1.17. The number of nitrogens with zero attached hydrogens (tertiary/aromatic N) is 4. The molecule has 0 saturated carbocycles. The lowest BCUT2D eigenvalue weighted by molar-refractivity contribution is -0.385. The van der Waals surface area contributed by atoms with Crippen LogP contribution in [0.2, 0.25) is 0 Å². The number of nitro groups is 1. The molecule has 2 aromatic heterocycles. The van der Waals surface area contributed by atoms with E-state index in [1.165, 1.54) is 12.3 Å². The molecule has 3 N–H and O–H groups in total. The van der Waals surface area contributed by atoms with Gasteiger partial charge in [0, 0.05) is 6.07 Å². The highest BCUT2D eigenvalue weighted by atomic mass is 32.2. The van der Waals surface area contributed by atoms with Crippen LogP contribution in [0.15, 0.2) is 38.3 Å². The van der Waals surface area contributed by atoms with Gasteiger partial charge in [-0.2, -0.15) is 0 Å². The summed E-state index contributed by atoms with van der Waals surface area (Å²) < 4.78 is 5.15. The molecule has 10 heteroatoms. The maximum atomic E-state index is 10.7. The minimum atomic E-state index is -0.620. The lowest BCUT2D eigenvalue weighted by Crippen LogP contribution is -2.15. The van der Waals surface area contributed by atoms with Gasteiger partial charge >= 0.3 is 0 Å². The SMILES string of the molecule is Cc1coc(Sc2ncc([N+](=O)[O-])cc2C(N)=NO)n1. The van der Waals surface area contributed by atoms with Crippen LogP contribution in [0.4, 0.5) is 5.69 Å². The normalized spacial score (nSPS) is 11.6. The Labute approximate surface area is 116 Å². The van der Waals surface area contributed by atoms with Crippen LogP contribution in [0, 0.1) is 17.0 Å². The molecule has 0 aliphatic heterocycles. The molecule has 0 amide bonds. The van der Waals surface area contributed by atoms with Crippen molar-refractivity contribution >= 4 is 23.3 Å². The highest BCUT2D eigenvalue weighted by molar-refractivity contribution is 7.99. The Bertz CT molecular complexity index is 684. The Hall–Kier alpha value is -2.62. The first kappa shape index (κ1) is 13.8. The van der Waals surface area contributed by atoms with E-state index in [0.717, 1.165) is 18.0 Å². The number of nitrogens with two attached hydrogens (primary N) is 1. The second-order valence-electron chi connectivity index (χ2n) is 3.65. The number of aromatic nitrogens is 2. The highest BCUT2D eigenvalue weighted by Crippen LogP contribution is 2.29. The Morgan fingerprint density at radius 3 is 2.95 bits per heavy atom. The average Bonchev–Trinajstić information content (AvgIpc) is 2.83. The van der Waals surface area contributed by atoms with Crippen LogP contribution < -0.4 is 5.73 Å². The molecule has 2 heterocycles. The van der Waals surface area contributed by atoms with E-state index < -0.39 is 4.92 Å². The van der Waals surface area contributed by atoms with Crippen molar-refractivity contribution in [2.75, 3.05) is 0 Å². The van der Waals surface area contributed by atoms with Crippen LogP contribution in [0.25, 0.3) is 0 Å². The molecule has 2 rings (SSSR count). The number of hydrogen-bond acceptors (Lipinski definition) is 8. The summed E-state index contributed by atoms with van der Waals surface area (Å²) in [5.41, 5.74) is 6.04. The standard InChI is InChI=1S/C10H9N5O4S/c1-5-4-19-10(13-5)20-9-7(8(11)14-16)2-6(3-12-9)15(17)18/h2-4,16H,1H3,(H2,11,14). The summed E-state index contributed by atoms with van der Waals surface area (Å²) in [6.45, 7) is 1.75. The predicted molar refractivity (Wildman–Crippen MR) is 68.8 cm³/mol. The van der Waals surface area contributed by atoms with Crippen molar-refractivity contribution in [2.45, 2.75) is 17.2 Å². The van der Waals surface area contributed by atoms with Crippen LogP contribution in [-0.2, 0) is 0 Å². The zero-order valence-electron chi connectivity index (χ0n) is 10.2. The minimum absolute atomic E-state index is 0.127. The number of oxazole rings is 1. The van der Waals surface area contributed by atoms with Gasteiger partial charge in [0.1, 0.15) is 17.5 Å². The topological polar surface area (TPSA) is 141 Å². The Morgan fingerprint density at radius 2 is 2.40 bits per heavy atom. The van der Waals surface area contributed by atoms with Gasteiger partial charge in [0.15, 0.2) is 5.84 Å². The van der Waals surface area contributed by atoms with Gasteiger partial charge in [-0.25, -0.2) is 9.97 Å². The zero-order valence-corrected chi connectivity index (χ0v) is 11.0. The fourth-order valence-corrected chi connectivity index (χ4v) is 2.15. The van der Waals surface area contributed by atoms with Crippen LogP contribution in [0.1, 0.15) is 11.3 Å². The van der Waals surface area contributed by atoms with Gasteiger partial charge in [0.05, 0.1) is 16.2 Å². The fourth-order valence-electron chi connectivity index (χ4n) is 1.32. The predicted octanol–water partition coefficient (Wildman–Crippen LogP) is 1.53. The van der Waals surface area contributed by atoms with Crippen molar-refractivity contribution in [3.8, 4) is 0 Å². The average molecular weight is 295 g/mol. The number of amidine groups is 1. The highest BCUT2D eigenvalue weighted by Gasteiger charge is 2.18. The van der Waals surface area contributed by atoms with Crippen LogP contribution >= 0.6 is 11.8 Å². The summed E-state index contributed by atoms with van der Waals surface area (Å²) in [7, 11) is 0. The second kappa shape index (κ2) is 5.57. The van der Waals surface area contributed by atoms with Crippen LogP contribution in [0.3, 0.4) is 0 Å². The molecule has 2 aromatic rings. The van der Waals surface area contributed by atoms with Crippen molar-refractivity contribution in [3.05, 3.63) is 39.9 Å². The summed E-state index contributed by atoms with van der Waals surface area (Å²) in [6.07, 6.45) is 2.53. The molecule has 0 bridgehead atoms. The smallest absolute Gasteiger partial charge is 0.288 e. The molecule has 0 spiro atoms. The van der Waals surface area contributed by atoms with Gasteiger partial charge in [-0.3, -0.25) is 10.1 Å². The van der Waals surface area contributed by atoms with E-state index in [9.17, 15) is 10.1 Å². The van der Waals surface area contributed by atoms with Gasteiger partial charge in [0.25, 0.3) is 10.9 Å². The quantitative estimate of drug-likeness (QED) is 0.284. The molecule has 20 heavy (non-hydrogen) atoms. The van der Waals surface area contributed by atoms with Gasteiger partial charge in [-0.15, -0.1) is 0 Å². The Kier molecular flexibility index (Phi) is 3.84. The van der Waals surface area contributed by atoms with E-state index in [1.54, 1.807) is 6.92 Å². The van der Waals surface area contributed by atoms with Crippen molar-refractivity contribution in [2.24, 2.45) is 10.9 Å². The number of hydrogen-bond donors (Lipinski definition) is 2. The second-order valence-corrected chi connectivity index (χ2v) is 4.59. The van der Waals surface area contributed by atoms with Crippen LogP contribution in [-0.4, -0.2) is 25.9 Å². The van der Waals surface area contributed by atoms with E-state index in [2.05, 4.69) is 15.1 Å². The molecule has 104 valence electrons. The molecule has 0 aromatic carbocycles. The maximum Gasteiger partial charge on any atom is 0.288 e. The minimum Gasteiger partial charge on any atom is -0.439 e. The van der Waals surface area contributed by atoms with Gasteiger partial charge < -0.3 is 15.4 Å². The Balaban J connectivity index is 2.43. The van der Waals surface area contributed by atoms with E-state index >= 15 is 0 Å². The molecular formula is C10H9N5O4S. The van der Waals surface area contributed by atoms with E-state index in [0.29, 0.717) is 10.9 Å². The molecule has 0 unspecified atom stereocenters. The zero-order chi connectivity index (χ0) is 14.7. The van der Waals surface area contributed by atoms with Crippen molar-refractivity contribution in [1.29, 1.82) is 0 Å². The molecule has 0 fully saturated rings. The number of pyridine rings is 1. The van der Waals surface area contributed by atoms with Gasteiger partial charge in [-0.1, -0.05) is 5.16 Å². The first-order chi connectivity index (χ1) is 9.51. The summed E-state index contributed by atoms with van der Waals surface area (Å²) >= 11 is 1.02. The summed E-state index contributed by atoms with van der Waals surface area (Å²) in [4.78, 5) is 18.1. The van der Waals surface area contributed by atoms with Crippen molar-refractivity contribution in [1.82, 2.24) is 9.97 Å². The lowest BCUT2D eigenvalue weighted by Gasteiger charge is -2.04. The third-order valence-electron chi connectivity index (χ3n) is 2.21. The van der Waals surface area contributed by atoms with Crippen molar-refractivity contribution < 1.29 is 14.5 Å². The van der Waals surface area contributed by atoms with E-state index in [-0.39, 0.29) is 22.1 Å². The molecule has 0 aliphatic carbocycles. The Morgan fingerprint density at radius 1 is 1.65 bits per heavy atom. The summed E-state index contributed by atoms with van der Waals surface area (Å²) in [5.74, 6) is -0.285. The van der Waals surface area contributed by atoms with Gasteiger partial charge in [0.2, 0.25) is 0 Å². The lowest BCUT2D eigenvalue weighted by atomic mass is 10.2. The molecule has 0 radical (unpaired) electrons. The third kappa shape index (κ3) is 2.85. The largest absolute Gasteiger partial charge is 0.439 e. The maximum absolute atomic E-state index is 10.7. The monoisotopic (exact) mass is 295 g/mol. The molecular weight excluding hydrogens is 286 g/mol. The first-order valence-corrected chi connectivity index (χ1v) is 6.05. The third-order valence-corrected chi connectivity index (χ3v) is 3.09.